The molecule has 0 radical (unpaired) electrons. The van der Waals surface area contributed by atoms with Crippen molar-refractivity contribution in [2.45, 2.75) is 75.9 Å². The molecule has 0 aliphatic heterocycles. The monoisotopic (exact) mass is 655 g/mol. The highest BCUT2D eigenvalue weighted by molar-refractivity contribution is 7.92. The number of aryl methyl sites for hydroxylation is 1. The van der Waals surface area contributed by atoms with Gasteiger partial charge in [0.25, 0.3) is 10.0 Å². The van der Waals surface area contributed by atoms with Crippen LogP contribution < -0.4 is 9.62 Å². The van der Waals surface area contributed by atoms with E-state index in [0.717, 1.165) is 53.1 Å². The smallest absolute Gasteiger partial charge is 0.264 e. The number of carbonyl (C=O) groups excluding carboxylic acids is 2. The van der Waals surface area contributed by atoms with Crippen molar-refractivity contribution in [3.05, 3.63) is 131 Å². The van der Waals surface area contributed by atoms with E-state index in [4.69, 9.17) is 0 Å². The van der Waals surface area contributed by atoms with Crippen molar-refractivity contribution in [1.82, 2.24) is 10.2 Å². The first-order valence-corrected chi connectivity index (χ1v) is 17.6. The first-order valence-electron chi connectivity index (χ1n) is 16.2. The summed E-state index contributed by atoms with van der Waals surface area (Å²) in [5.41, 5.74) is 3.46. The van der Waals surface area contributed by atoms with E-state index >= 15 is 0 Å². The molecule has 1 aliphatic carbocycles. The van der Waals surface area contributed by atoms with Crippen LogP contribution in [0.4, 0.5) is 10.1 Å². The molecule has 1 N–H and O–H groups in total. The molecule has 1 saturated carbocycles. The zero-order valence-electron chi connectivity index (χ0n) is 26.9. The minimum atomic E-state index is -4.19. The van der Waals surface area contributed by atoms with Gasteiger partial charge in [0.2, 0.25) is 11.8 Å². The Morgan fingerprint density at radius 2 is 1.45 bits per heavy atom. The normalized spacial score (nSPS) is 14.3. The fourth-order valence-electron chi connectivity index (χ4n) is 6.12. The fraction of sp³-hybridized carbons (Fsp3) is 0.316. The maximum Gasteiger partial charge on any atom is 0.264 e. The SMILES string of the molecule is Cc1cccc(N(CC(=O)N(Cc2ccc(F)cc2)C(Cc2ccccc2)C(=O)NC2CCCCC2)S(=O)(=O)c2ccccc2)c1C. The summed E-state index contributed by atoms with van der Waals surface area (Å²) in [7, 11) is -4.19. The highest BCUT2D eigenvalue weighted by atomic mass is 32.2. The summed E-state index contributed by atoms with van der Waals surface area (Å²) < 4.78 is 43.5. The van der Waals surface area contributed by atoms with Gasteiger partial charge in [-0.3, -0.25) is 13.9 Å². The topological polar surface area (TPSA) is 86.8 Å². The molecule has 0 bridgehead atoms. The Kier molecular flexibility index (Phi) is 11.1. The van der Waals surface area contributed by atoms with Crippen LogP contribution in [0.1, 0.15) is 54.4 Å². The zero-order chi connectivity index (χ0) is 33.4. The van der Waals surface area contributed by atoms with Crippen molar-refractivity contribution in [1.29, 1.82) is 0 Å². The van der Waals surface area contributed by atoms with Crippen molar-refractivity contribution in [2.24, 2.45) is 0 Å². The number of hydrogen-bond acceptors (Lipinski definition) is 4. The van der Waals surface area contributed by atoms with Crippen LogP contribution in [0, 0.1) is 19.7 Å². The summed E-state index contributed by atoms with van der Waals surface area (Å²) in [6.07, 6.45) is 5.13. The molecule has 1 aliphatic rings. The van der Waals surface area contributed by atoms with Gasteiger partial charge in [-0.15, -0.1) is 0 Å². The summed E-state index contributed by atoms with van der Waals surface area (Å²) in [5.74, 6) is -1.26. The number of nitrogens with zero attached hydrogens (tertiary/aromatic N) is 2. The van der Waals surface area contributed by atoms with Crippen LogP contribution in [0.2, 0.25) is 0 Å². The minimum absolute atomic E-state index is 0.00203. The first-order chi connectivity index (χ1) is 22.6. The molecule has 0 saturated heterocycles. The molecule has 4 aromatic carbocycles. The van der Waals surface area contributed by atoms with E-state index in [1.807, 2.05) is 50.2 Å². The van der Waals surface area contributed by atoms with Crippen LogP contribution in [0.25, 0.3) is 0 Å². The predicted molar refractivity (Wildman–Crippen MR) is 183 cm³/mol. The number of amides is 2. The zero-order valence-corrected chi connectivity index (χ0v) is 27.8. The molecule has 246 valence electrons. The molecular weight excluding hydrogens is 614 g/mol. The van der Waals surface area contributed by atoms with Gasteiger partial charge < -0.3 is 10.2 Å². The highest BCUT2D eigenvalue weighted by Crippen LogP contribution is 2.29. The second kappa shape index (κ2) is 15.4. The van der Waals surface area contributed by atoms with Crippen LogP contribution in [0.3, 0.4) is 0 Å². The molecule has 7 nitrogen and oxygen atoms in total. The van der Waals surface area contributed by atoms with Gasteiger partial charge in [-0.1, -0.05) is 92.1 Å². The second-order valence-corrected chi connectivity index (χ2v) is 14.1. The minimum Gasteiger partial charge on any atom is -0.352 e. The Morgan fingerprint density at radius 3 is 2.11 bits per heavy atom. The van der Waals surface area contributed by atoms with Gasteiger partial charge in [0.05, 0.1) is 10.6 Å². The van der Waals surface area contributed by atoms with Crippen molar-refractivity contribution < 1.29 is 22.4 Å². The van der Waals surface area contributed by atoms with E-state index in [9.17, 15) is 22.4 Å². The molecule has 4 aromatic rings. The predicted octanol–water partition coefficient (Wildman–Crippen LogP) is 6.73. The molecule has 2 amide bonds. The standard InChI is InChI=1S/C38H42FN3O4S/c1-28-13-12-20-35(29(28)2)42(47(45,46)34-18-10-5-11-19-34)27-37(43)41(26-31-21-23-32(39)24-22-31)36(25-30-14-6-3-7-15-30)38(44)40-33-16-8-4-9-17-33/h3,5-7,10-15,18-24,33,36H,4,8-9,16-17,25-27H2,1-2H3,(H,40,44). The lowest BCUT2D eigenvalue weighted by atomic mass is 9.94. The van der Waals surface area contributed by atoms with Gasteiger partial charge in [0, 0.05) is 19.0 Å². The number of carbonyl (C=O) groups is 2. The molecule has 1 fully saturated rings. The average molecular weight is 656 g/mol. The second-order valence-electron chi connectivity index (χ2n) is 12.2. The van der Waals surface area contributed by atoms with Gasteiger partial charge in [-0.2, -0.15) is 0 Å². The first kappa shape index (κ1) is 33.9. The van der Waals surface area contributed by atoms with E-state index < -0.39 is 34.3 Å². The molecule has 9 heteroatoms. The van der Waals surface area contributed by atoms with Crippen molar-refractivity contribution >= 4 is 27.5 Å². The third-order valence-corrected chi connectivity index (χ3v) is 10.7. The molecule has 0 heterocycles. The molecule has 47 heavy (non-hydrogen) atoms. The van der Waals surface area contributed by atoms with E-state index in [-0.39, 0.29) is 29.8 Å². The van der Waals surface area contributed by atoms with Crippen LogP contribution in [-0.2, 0) is 32.6 Å². The number of sulfonamides is 1. The van der Waals surface area contributed by atoms with E-state index in [2.05, 4.69) is 5.32 Å². The lowest BCUT2D eigenvalue weighted by Crippen LogP contribution is -2.55. The number of halogens is 1. The Bertz CT molecular complexity index is 1760. The number of benzene rings is 4. The Balaban J connectivity index is 1.58. The third-order valence-electron chi connectivity index (χ3n) is 8.94. The van der Waals surface area contributed by atoms with E-state index in [1.165, 1.54) is 29.2 Å². The Morgan fingerprint density at radius 1 is 0.809 bits per heavy atom. The van der Waals surface area contributed by atoms with Crippen molar-refractivity contribution in [3.8, 4) is 0 Å². The summed E-state index contributed by atoms with van der Waals surface area (Å²) in [4.78, 5) is 30.4. The van der Waals surface area contributed by atoms with Gasteiger partial charge in [0.15, 0.2) is 0 Å². The van der Waals surface area contributed by atoms with Crippen molar-refractivity contribution in [2.75, 3.05) is 10.8 Å². The lowest BCUT2D eigenvalue weighted by molar-refractivity contribution is -0.140. The quantitative estimate of drug-likeness (QED) is 0.184. The third kappa shape index (κ3) is 8.46. The lowest BCUT2D eigenvalue weighted by Gasteiger charge is -2.35. The molecule has 5 rings (SSSR count). The van der Waals surface area contributed by atoms with Gasteiger partial charge in [0.1, 0.15) is 18.4 Å². The molecular formula is C38H42FN3O4S. The largest absolute Gasteiger partial charge is 0.352 e. The fourth-order valence-corrected chi connectivity index (χ4v) is 7.62. The van der Waals surface area contributed by atoms with Crippen LogP contribution in [0.15, 0.2) is 108 Å². The van der Waals surface area contributed by atoms with Gasteiger partial charge in [-0.25, -0.2) is 12.8 Å². The van der Waals surface area contributed by atoms with Crippen LogP contribution in [0.5, 0.6) is 0 Å². The number of rotatable bonds is 12. The summed E-state index contributed by atoms with van der Waals surface area (Å²) in [6, 6.07) is 27.7. The van der Waals surface area contributed by atoms with Gasteiger partial charge in [-0.05, 0) is 79.3 Å². The Labute approximate surface area is 277 Å². The van der Waals surface area contributed by atoms with Crippen LogP contribution >= 0.6 is 0 Å². The molecule has 0 spiro atoms. The maximum atomic E-state index is 14.7. The number of anilines is 1. The highest BCUT2D eigenvalue weighted by Gasteiger charge is 2.36. The average Bonchev–Trinajstić information content (AvgIpc) is 3.08. The van der Waals surface area contributed by atoms with E-state index in [0.29, 0.717) is 11.3 Å². The molecule has 0 aromatic heterocycles. The molecule has 1 atom stereocenters. The van der Waals surface area contributed by atoms with Gasteiger partial charge >= 0.3 is 0 Å². The maximum absolute atomic E-state index is 14.7. The summed E-state index contributed by atoms with van der Waals surface area (Å²) in [6.45, 7) is 3.17. The van der Waals surface area contributed by atoms with Crippen molar-refractivity contribution in [3.63, 3.8) is 0 Å². The molecule has 1 unspecified atom stereocenters. The Hall–Kier alpha value is -4.50. The van der Waals surface area contributed by atoms with Crippen LogP contribution in [-0.4, -0.2) is 43.8 Å². The number of nitrogens with one attached hydrogen (secondary N) is 1. The van der Waals surface area contributed by atoms with E-state index in [1.54, 1.807) is 42.5 Å². The number of hydrogen-bond donors (Lipinski definition) is 1. The summed E-state index contributed by atoms with van der Waals surface area (Å²) in [5, 5.41) is 3.20. The summed E-state index contributed by atoms with van der Waals surface area (Å²) >= 11 is 0.